The van der Waals surface area contributed by atoms with E-state index in [4.69, 9.17) is 5.11 Å². The van der Waals surface area contributed by atoms with Crippen molar-refractivity contribution in [3.05, 3.63) is 22.3 Å². The van der Waals surface area contributed by atoms with E-state index in [-0.39, 0.29) is 18.2 Å². The number of hydrogen-bond acceptors (Lipinski definition) is 4. The molecule has 0 aromatic carbocycles. The summed E-state index contributed by atoms with van der Waals surface area (Å²) in [6.07, 6.45) is 3.39. The second-order valence-electron chi connectivity index (χ2n) is 4.00. The number of carboxylic acid groups (broad SMARTS) is 1. The Morgan fingerprint density at radius 1 is 1.65 bits per heavy atom. The second-order valence-corrected chi connectivity index (χ2v) is 4.92. The quantitative estimate of drug-likeness (QED) is 0.885. The average molecular weight is 301 g/mol. The third-order valence-corrected chi connectivity index (χ3v) is 3.36. The molecule has 1 saturated heterocycles. The van der Waals surface area contributed by atoms with E-state index in [1.54, 1.807) is 6.20 Å². The zero-order valence-corrected chi connectivity index (χ0v) is 10.7. The lowest BCUT2D eigenvalue weighted by molar-refractivity contribution is 0.0697. The number of hydrogen-bond donors (Lipinski definition) is 2. The number of halogens is 1. The molecule has 2 rings (SSSR count). The van der Waals surface area contributed by atoms with E-state index >= 15 is 0 Å². The van der Waals surface area contributed by atoms with Gasteiger partial charge < -0.3 is 15.1 Å². The van der Waals surface area contributed by atoms with Gasteiger partial charge in [-0.05, 0) is 34.8 Å². The van der Waals surface area contributed by atoms with Gasteiger partial charge in [0.15, 0.2) is 0 Å². The summed E-state index contributed by atoms with van der Waals surface area (Å²) in [6.45, 7) is 0.761. The van der Waals surface area contributed by atoms with E-state index in [1.165, 1.54) is 6.07 Å². The average Bonchev–Trinajstić information content (AvgIpc) is 2.76. The lowest BCUT2D eigenvalue weighted by atomic mass is 10.2. The molecule has 0 spiro atoms. The van der Waals surface area contributed by atoms with Gasteiger partial charge in [-0.1, -0.05) is 0 Å². The predicted molar refractivity (Wildman–Crippen MR) is 66.4 cm³/mol. The van der Waals surface area contributed by atoms with Crippen molar-refractivity contribution in [3.8, 4) is 0 Å². The maximum Gasteiger partial charge on any atom is 0.339 e. The molecule has 6 heteroatoms. The van der Waals surface area contributed by atoms with Gasteiger partial charge in [0, 0.05) is 17.2 Å². The summed E-state index contributed by atoms with van der Waals surface area (Å²) in [6, 6.07) is 1.51. The Morgan fingerprint density at radius 3 is 3.06 bits per heavy atom. The van der Waals surface area contributed by atoms with Crippen LogP contribution < -0.4 is 4.90 Å². The van der Waals surface area contributed by atoms with Gasteiger partial charge in [0.05, 0.1) is 12.6 Å². The van der Waals surface area contributed by atoms with Crippen LogP contribution in [-0.2, 0) is 0 Å². The third-order valence-electron chi connectivity index (χ3n) is 2.92. The first-order valence-electron chi connectivity index (χ1n) is 5.40. The van der Waals surface area contributed by atoms with Crippen molar-refractivity contribution in [2.24, 2.45) is 0 Å². The zero-order chi connectivity index (χ0) is 12.4. The third kappa shape index (κ3) is 2.42. The Labute approximate surface area is 107 Å². The lowest BCUT2D eigenvalue weighted by Crippen LogP contribution is -2.34. The highest BCUT2D eigenvalue weighted by Gasteiger charge is 2.28. The van der Waals surface area contributed by atoms with Crippen molar-refractivity contribution in [2.75, 3.05) is 18.1 Å². The molecule has 0 amide bonds. The van der Waals surface area contributed by atoms with Gasteiger partial charge in [0.25, 0.3) is 0 Å². The molecule has 5 nitrogen and oxygen atoms in total. The first kappa shape index (κ1) is 12.3. The molecule has 0 radical (unpaired) electrons. The van der Waals surface area contributed by atoms with Crippen LogP contribution in [0.2, 0.25) is 0 Å². The molecular formula is C11H13BrN2O3. The highest BCUT2D eigenvalue weighted by atomic mass is 79.9. The van der Waals surface area contributed by atoms with Crippen LogP contribution in [0.15, 0.2) is 16.7 Å². The fourth-order valence-electron chi connectivity index (χ4n) is 2.12. The van der Waals surface area contributed by atoms with Crippen molar-refractivity contribution in [1.29, 1.82) is 0 Å². The second kappa shape index (κ2) is 5.01. The van der Waals surface area contributed by atoms with Crippen molar-refractivity contribution < 1.29 is 15.0 Å². The number of carbonyl (C=O) groups is 1. The molecule has 1 atom stereocenters. The van der Waals surface area contributed by atoms with Crippen LogP contribution in [0.4, 0.5) is 5.82 Å². The highest BCUT2D eigenvalue weighted by Crippen LogP contribution is 2.28. The van der Waals surface area contributed by atoms with Crippen LogP contribution >= 0.6 is 15.9 Å². The number of anilines is 1. The monoisotopic (exact) mass is 300 g/mol. The summed E-state index contributed by atoms with van der Waals surface area (Å²) in [5.41, 5.74) is 0.166. The van der Waals surface area contributed by atoms with Crippen LogP contribution in [0.1, 0.15) is 23.2 Å². The van der Waals surface area contributed by atoms with Gasteiger partial charge in [-0.2, -0.15) is 0 Å². The van der Waals surface area contributed by atoms with Gasteiger partial charge in [0.1, 0.15) is 11.4 Å². The largest absolute Gasteiger partial charge is 0.478 e. The van der Waals surface area contributed by atoms with Crippen LogP contribution in [0.3, 0.4) is 0 Å². The Kier molecular flexibility index (Phi) is 3.63. The summed E-state index contributed by atoms with van der Waals surface area (Å²) < 4.78 is 0.637. The molecule has 1 aliphatic rings. The van der Waals surface area contributed by atoms with Crippen LogP contribution in [0.25, 0.3) is 0 Å². The van der Waals surface area contributed by atoms with E-state index in [9.17, 15) is 9.90 Å². The molecule has 1 aromatic rings. The fourth-order valence-corrected chi connectivity index (χ4v) is 2.45. The number of aliphatic hydroxyl groups is 1. The first-order valence-corrected chi connectivity index (χ1v) is 6.19. The number of pyridine rings is 1. The molecule has 2 heterocycles. The molecule has 0 bridgehead atoms. The summed E-state index contributed by atoms with van der Waals surface area (Å²) in [4.78, 5) is 17.2. The number of aromatic carboxylic acids is 1. The minimum absolute atomic E-state index is 0.0246. The Hall–Kier alpha value is -1.14. The Morgan fingerprint density at radius 2 is 2.41 bits per heavy atom. The molecule has 2 N–H and O–H groups in total. The maximum absolute atomic E-state index is 11.2. The van der Waals surface area contributed by atoms with Crippen molar-refractivity contribution in [1.82, 2.24) is 4.98 Å². The number of aromatic nitrogens is 1. The minimum Gasteiger partial charge on any atom is -0.478 e. The van der Waals surface area contributed by atoms with E-state index in [2.05, 4.69) is 20.9 Å². The predicted octanol–water partition coefficient (Wildman–Crippen LogP) is 1.50. The van der Waals surface area contributed by atoms with E-state index in [1.807, 2.05) is 4.90 Å². The van der Waals surface area contributed by atoms with Gasteiger partial charge >= 0.3 is 5.97 Å². The molecule has 1 fully saturated rings. The molecule has 92 valence electrons. The summed E-state index contributed by atoms with van der Waals surface area (Å²) in [5, 5.41) is 18.4. The Balaban J connectivity index is 2.40. The van der Waals surface area contributed by atoms with Crippen LogP contribution in [-0.4, -0.2) is 40.4 Å². The number of rotatable bonds is 3. The summed E-state index contributed by atoms with van der Waals surface area (Å²) >= 11 is 3.21. The van der Waals surface area contributed by atoms with Gasteiger partial charge in [-0.3, -0.25) is 0 Å². The van der Waals surface area contributed by atoms with Crippen LogP contribution in [0.5, 0.6) is 0 Å². The molecule has 1 aliphatic heterocycles. The van der Waals surface area contributed by atoms with Gasteiger partial charge in [-0.25, -0.2) is 9.78 Å². The van der Waals surface area contributed by atoms with E-state index in [0.29, 0.717) is 10.3 Å². The molecule has 17 heavy (non-hydrogen) atoms. The minimum atomic E-state index is -1.00. The molecule has 1 aromatic heterocycles. The van der Waals surface area contributed by atoms with Crippen molar-refractivity contribution >= 4 is 27.7 Å². The molecule has 1 unspecified atom stereocenters. The van der Waals surface area contributed by atoms with Crippen molar-refractivity contribution in [3.63, 3.8) is 0 Å². The summed E-state index contributed by atoms with van der Waals surface area (Å²) in [7, 11) is 0. The van der Waals surface area contributed by atoms with Crippen molar-refractivity contribution in [2.45, 2.75) is 18.9 Å². The standard InChI is InChI=1S/C11H13BrN2O3/c12-7-4-9(11(16)17)10(13-5-7)14-3-1-2-8(14)6-15/h4-5,8,15H,1-3,6H2,(H,16,17). The number of aliphatic hydroxyl groups excluding tert-OH is 1. The molecule has 0 saturated carbocycles. The first-order chi connectivity index (χ1) is 8.13. The SMILES string of the molecule is O=C(O)c1cc(Br)cnc1N1CCCC1CO. The zero-order valence-electron chi connectivity index (χ0n) is 9.14. The van der Waals surface area contributed by atoms with E-state index < -0.39 is 5.97 Å². The number of carboxylic acids is 1. The lowest BCUT2D eigenvalue weighted by Gasteiger charge is -2.25. The highest BCUT2D eigenvalue weighted by molar-refractivity contribution is 9.10. The van der Waals surface area contributed by atoms with Gasteiger partial charge in [0.2, 0.25) is 0 Å². The normalized spacial score (nSPS) is 19.6. The number of nitrogens with zero attached hydrogens (tertiary/aromatic N) is 2. The Bertz CT molecular complexity index is 439. The smallest absolute Gasteiger partial charge is 0.339 e. The van der Waals surface area contributed by atoms with Crippen LogP contribution in [0, 0.1) is 0 Å². The van der Waals surface area contributed by atoms with Gasteiger partial charge in [-0.15, -0.1) is 0 Å². The molecular weight excluding hydrogens is 288 g/mol. The molecule has 0 aliphatic carbocycles. The van der Waals surface area contributed by atoms with E-state index in [0.717, 1.165) is 19.4 Å². The summed E-state index contributed by atoms with van der Waals surface area (Å²) in [5.74, 6) is -0.561. The maximum atomic E-state index is 11.2. The fraction of sp³-hybridized carbons (Fsp3) is 0.455. The topological polar surface area (TPSA) is 73.7 Å².